The zero-order valence-corrected chi connectivity index (χ0v) is 11.9. The first-order chi connectivity index (χ1) is 8.83. The first-order valence-electron chi connectivity index (χ1n) is 6.87. The van der Waals surface area contributed by atoms with Crippen LogP contribution < -0.4 is 0 Å². The van der Waals surface area contributed by atoms with Gasteiger partial charge in [0.2, 0.25) is 0 Å². The molecular weight excluding hydrogens is 256 g/mol. The van der Waals surface area contributed by atoms with E-state index in [1.807, 2.05) is 6.07 Å². The van der Waals surface area contributed by atoms with Crippen molar-refractivity contribution in [3.05, 3.63) is 35.4 Å². The van der Waals surface area contributed by atoms with Gasteiger partial charge in [-0.15, -0.1) is 12.4 Å². The second kappa shape index (κ2) is 5.75. The van der Waals surface area contributed by atoms with Crippen molar-refractivity contribution in [2.24, 2.45) is 4.99 Å². The van der Waals surface area contributed by atoms with Gasteiger partial charge in [-0.25, -0.2) is 0 Å². The molecule has 0 atom stereocenters. The number of rotatable bonds is 1. The average molecular weight is 275 g/mol. The number of benzene rings is 1. The molecule has 0 aromatic heterocycles. The Balaban J connectivity index is 0.00000133. The van der Waals surface area contributed by atoms with Crippen LogP contribution in [0, 0.1) is 11.3 Å². The molecule has 1 aromatic carbocycles. The summed E-state index contributed by atoms with van der Waals surface area (Å²) in [6.45, 7) is 0. The summed E-state index contributed by atoms with van der Waals surface area (Å²) in [6, 6.07) is 10.7. The molecular formula is C16H19ClN2. The summed E-state index contributed by atoms with van der Waals surface area (Å²) in [7, 11) is 0. The molecule has 1 aromatic rings. The summed E-state index contributed by atoms with van der Waals surface area (Å²) in [5.41, 5.74) is 3.72. The first kappa shape index (κ1) is 14.1. The monoisotopic (exact) mass is 274 g/mol. The highest BCUT2D eigenvalue weighted by Crippen LogP contribution is 2.39. The van der Waals surface area contributed by atoms with E-state index in [1.54, 1.807) is 0 Å². The first-order valence-corrected chi connectivity index (χ1v) is 6.87. The number of hydrogen-bond acceptors (Lipinski definition) is 2. The van der Waals surface area contributed by atoms with Gasteiger partial charge in [0.25, 0.3) is 0 Å². The molecule has 100 valence electrons. The number of nitrogens with zero attached hydrogens (tertiary/aromatic N) is 2. The molecule has 1 fully saturated rings. The maximum absolute atomic E-state index is 9.00. The Morgan fingerprint density at radius 2 is 1.89 bits per heavy atom. The third-order valence-electron chi connectivity index (χ3n) is 4.25. The summed E-state index contributed by atoms with van der Waals surface area (Å²) in [5, 5.41) is 9.00. The molecule has 2 aliphatic rings. The van der Waals surface area contributed by atoms with E-state index in [1.165, 1.54) is 43.2 Å². The third-order valence-corrected chi connectivity index (χ3v) is 4.25. The minimum absolute atomic E-state index is 0. The molecule has 0 amide bonds. The van der Waals surface area contributed by atoms with Crippen LogP contribution in [-0.4, -0.2) is 11.3 Å². The highest BCUT2D eigenvalue weighted by Gasteiger charge is 2.35. The summed E-state index contributed by atoms with van der Waals surface area (Å²) in [5.74, 6) is 0. The molecule has 2 nitrogen and oxygen atoms in total. The molecule has 0 N–H and O–H groups in total. The lowest BCUT2D eigenvalue weighted by molar-refractivity contribution is 0.294. The van der Waals surface area contributed by atoms with E-state index in [0.29, 0.717) is 6.42 Å². The zero-order chi connectivity index (χ0) is 12.4. The van der Waals surface area contributed by atoms with E-state index in [0.717, 1.165) is 12.1 Å². The molecule has 1 heterocycles. The normalized spacial score (nSPS) is 19.8. The number of aliphatic imine (C=N–C) groups is 1. The molecule has 19 heavy (non-hydrogen) atoms. The fraction of sp³-hybridized carbons (Fsp3) is 0.500. The molecule has 1 aliphatic heterocycles. The molecule has 0 unspecified atom stereocenters. The van der Waals surface area contributed by atoms with Crippen LogP contribution in [0.3, 0.4) is 0 Å². The lowest BCUT2D eigenvalue weighted by Gasteiger charge is -2.38. The van der Waals surface area contributed by atoms with Crippen molar-refractivity contribution in [1.29, 1.82) is 5.26 Å². The van der Waals surface area contributed by atoms with Crippen LogP contribution in [0.5, 0.6) is 0 Å². The van der Waals surface area contributed by atoms with Crippen molar-refractivity contribution in [2.75, 3.05) is 0 Å². The van der Waals surface area contributed by atoms with Crippen LogP contribution in [0.15, 0.2) is 29.3 Å². The minimum Gasteiger partial charge on any atom is -0.281 e. The molecule has 0 radical (unpaired) electrons. The highest BCUT2D eigenvalue weighted by molar-refractivity contribution is 6.04. The molecule has 0 bridgehead atoms. The quantitative estimate of drug-likeness (QED) is 0.760. The largest absolute Gasteiger partial charge is 0.281 e. The second-order valence-electron chi connectivity index (χ2n) is 5.51. The number of fused-ring (bicyclic) bond motifs is 1. The van der Waals surface area contributed by atoms with Gasteiger partial charge in [-0.1, -0.05) is 43.5 Å². The van der Waals surface area contributed by atoms with Crippen molar-refractivity contribution in [3.8, 4) is 6.07 Å². The standard InChI is InChI=1S/C16H18N2.ClH/c17-11-8-15-14-7-3-2-6-13(14)12-16(18-15)9-4-1-5-10-16;/h2-3,6-7H,1,4-5,8-10,12H2;1H. The molecule has 1 aliphatic carbocycles. The molecule has 1 spiro atoms. The van der Waals surface area contributed by atoms with Gasteiger partial charge in [-0.3, -0.25) is 4.99 Å². The maximum Gasteiger partial charge on any atom is 0.0776 e. The van der Waals surface area contributed by atoms with E-state index in [4.69, 9.17) is 10.3 Å². The summed E-state index contributed by atoms with van der Waals surface area (Å²) >= 11 is 0. The Hall–Kier alpha value is -1.33. The van der Waals surface area contributed by atoms with E-state index in [2.05, 4.69) is 24.3 Å². The molecule has 0 saturated heterocycles. The number of hydrogen-bond donors (Lipinski definition) is 0. The third kappa shape index (κ3) is 2.67. The predicted molar refractivity (Wildman–Crippen MR) is 80.0 cm³/mol. The Kier molecular flexibility index (Phi) is 4.27. The van der Waals surface area contributed by atoms with Crippen LogP contribution in [0.1, 0.15) is 49.7 Å². The predicted octanol–water partition coefficient (Wildman–Crippen LogP) is 4.07. The topological polar surface area (TPSA) is 36.1 Å². The lowest BCUT2D eigenvalue weighted by atomic mass is 9.74. The lowest BCUT2D eigenvalue weighted by Crippen LogP contribution is -2.37. The van der Waals surface area contributed by atoms with Crippen LogP contribution in [0.25, 0.3) is 0 Å². The highest BCUT2D eigenvalue weighted by atomic mass is 35.5. The molecule has 3 heteroatoms. The minimum atomic E-state index is 0. The fourth-order valence-electron chi connectivity index (χ4n) is 3.40. The van der Waals surface area contributed by atoms with Gasteiger partial charge in [-0.05, 0) is 30.4 Å². The van der Waals surface area contributed by atoms with E-state index < -0.39 is 0 Å². The van der Waals surface area contributed by atoms with Crippen molar-refractivity contribution in [1.82, 2.24) is 0 Å². The van der Waals surface area contributed by atoms with Gasteiger partial charge in [0.1, 0.15) is 0 Å². The second-order valence-corrected chi connectivity index (χ2v) is 5.51. The van der Waals surface area contributed by atoms with Crippen LogP contribution in [-0.2, 0) is 6.42 Å². The Labute approximate surface area is 121 Å². The van der Waals surface area contributed by atoms with E-state index in [-0.39, 0.29) is 17.9 Å². The van der Waals surface area contributed by atoms with E-state index in [9.17, 15) is 0 Å². The Bertz CT molecular complexity index is 522. The summed E-state index contributed by atoms with van der Waals surface area (Å²) in [4.78, 5) is 5.00. The van der Waals surface area contributed by atoms with Gasteiger partial charge in [0, 0.05) is 0 Å². The Morgan fingerprint density at radius 3 is 2.63 bits per heavy atom. The Morgan fingerprint density at radius 1 is 1.16 bits per heavy atom. The number of halogens is 1. The molecule has 3 rings (SSSR count). The zero-order valence-electron chi connectivity index (χ0n) is 11.1. The summed E-state index contributed by atoms with van der Waals surface area (Å²) in [6.07, 6.45) is 7.80. The smallest absolute Gasteiger partial charge is 0.0776 e. The summed E-state index contributed by atoms with van der Waals surface area (Å²) < 4.78 is 0. The van der Waals surface area contributed by atoms with Crippen molar-refractivity contribution < 1.29 is 0 Å². The van der Waals surface area contributed by atoms with Gasteiger partial charge in [0.15, 0.2) is 0 Å². The van der Waals surface area contributed by atoms with Crippen LogP contribution in [0.4, 0.5) is 0 Å². The van der Waals surface area contributed by atoms with Crippen molar-refractivity contribution in [3.63, 3.8) is 0 Å². The van der Waals surface area contributed by atoms with Gasteiger partial charge in [-0.2, -0.15) is 5.26 Å². The molecule has 1 saturated carbocycles. The maximum atomic E-state index is 9.00. The van der Waals surface area contributed by atoms with Crippen molar-refractivity contribution in [2.45, 2.75) is 50.5 Å². The van der Waals surface area contributed by atoms with E-state index >= 15 is 0 Å². The van der Waals surface area contributed by atoms with Crippen LogP contribution >= 0.6 is 12.4 Å². The van der Waals surface area contributed by atoms with Gasteiger partial charge < -0.3 is 0 Å². The van der Waals surface area contributed by atoms with Crippen molar-refractivity contribution >= 4 is 18.1 Å². The average Bonchev–Trinajstić information content (AvgIpc) is 2.40. The van der Waals surface area contributed by atoms with Crippen LogP contribution in [0.2, 0.25) is 0 Å². The van der Waals surface area contributed by atoms with Gasteiger partial charge >= 0.3 is 0 Å². The SMILES string of the molecule is Cl.N#CCC1=NC2(CCCCC2)Cc2ccccc21. The fourth-order valence-corrected chi connectivity index (χ4v) is 3.40. The number of nitriles is 1. The van der Waals surface area contributed by atoms with Gasteiger partial charge in [0.05, 0.1) is 23.7 Å².